The zero-order chi connectivity index (χ0) is 15.4. The highest BCUT2D eigenvalue weighted by atomic mass is 16.5. The lowest BCUT2D eigenvalue weighted by Gasteiger charge is -2.36. The minimum absolute atomic E-state index is 0.0321. The molecule has 0 unspecified atom stereocenters. The highest BCUT2D eigenvalue weighted by Gasteiger charge is 2.28. The number of rotatable bonds is 4. The van der Waals surface area contributed by atoms with E-state index in [0.717, 1.165) is 57.8 Å². The molecule has 1 atom stereocenters. The third-order valence-corrected chi connectivity index (χ3v) is 4.47. The number of hydrogen-bond donors (Lipinski definition) is 1. The van der Waals surface area contributed by atoms with Crippen molar-refractivity contribution in [1.82, 2.24) is 25.3 Å². The molecule has 122 valence electrons. The van der Waals surface area contributed by atoms with E-state index in [9.17, 15) is 4.79 Å². The van der Waals surface area contributed by atoms with Crippen molar-refractivity contribution in [3.63, 3.8) is 0 Å². The zero-order valence-corrected chi connectivity index (χ0v) is 13.3. The molecule has 0 radical (unpaired) electrons. The Morgan fingerprint density at radius 1 is 1.32 bits per heavy atom. The van der Waals surface area contributed by atoms with E-state index in [1.54, 1.807) is 0 Å². The van der Waals surface area contributed by atoms with Gasteiger partial charge in [-0.2, -0.15) is 4.98 Å². The third-order valence-electron chi connectivity index (χ3n) is 4.47. The van der Waals surface area contributed by atoms with Crippen molar-refractivity contribution in [2.75, 3.05) is 32.7 Å². The minimum atomic E-state index is 0.0321. The van der Waals surface area contributed by atoms with Crippen molar-refractivity contribution in [2.24, 2.45) is 0 Å². The second kappa shape index (κ2) is 7.19. The van der Waals surface area contributed by atoms with Gasteiger partial charge in [-0.1, -0.05) is 18.5 Å². The van der Waals surface area contributed by atoms with Crippen molar-refractivity contribution in [3.8, 4) is 0 Å². The number of aryl methyl sites for hydroxylation is 1. The Morgan fingerprint density at radius 2 is 2.14 bits per heavy atom. The van der Waals surface area contributed by atoms with Crippen molar-refractivity contribution in [3.05, 3.63) is 11.7 Å². The van der Waals surface area contributed by atoms with Crippen LogP contribution in [0.3, 0.4) is 0 Å². The summed E-state index contributed by atoms with van der Waals surface area (Å²) < 4.78 is 5.13. The molecule has 2 aliphatic heterocycles. The van der Waals surface area contributed by atoms with Crippen LogP contribution in [0, 0.1) is 0 Å². The van der Waals surface area contributed by atoms with Gasteiger partial charge in [0, 0.05) is 32.6 Å². The van der Waals surface area contributed by atoms with E-state index in [2.05, 4.69) is 20.4 Å². The zero-order valence-electron chi connectivity index (χ0n) is 13.3. The molecule has 7 nitrogen and oxygen atoms in total. The summed E-state index contributed by atoms with van der Waals surface area (Å²) in [6, 6.07) is 0.0321. The van der Waals surface area contributed by atoms with E-state index in [1.807, 2.05) is 11.8 Å². The van der Waals surface area contributed by atoms with Crippen LogP contribution >= 0.6 is 0 Å². The van der Waals surface area contributed by atoms with E-state index < -0.39 is 0 Å². The highest BCUT2D eigenvalue weighted by Crippen LogP contribution is 2.13. The monoisotopic (exact) mass is 307 g/mol. The van der Waals surface area contributed by atoms with Gasteiger partial charge in [-0.25, -0.2) is 0 Å². The summed E-state index contributed by atoms with van der Waals surface area (Å²) in [6.07, 6.45) is 4.08. The predicted molar refractivity (Wildman–Crippen MR) is 81.2 cm³/mol. The van der Waals surface area contributed by atoms with Crippen molar-refractivity contribution >= 4 is 5.91 Å². The molecule has 3 rings (SSSR count). The molecule has 2 aliphatic rings. The normalized spacial score (nSPS) is 23.7. The molecule has 2 fully saturated rings. The fourth-order valence-electron chi connectivity index (χ4n) is 3.11. The summed E-state index contributed by atoms with van der Waals surface area (Å²) in [5.74, 6) is 1.70. The van der Waals surface area contributed by atoms with Crippen LogP contribution in [0.4, 0.5) is 0 Å². The first-order chi connectivity index (χ1) is 10.8. The van der Waals surface area contributed by atoms with Gasteiger partial charge in [0.2, 0.25) is 11.8 Å². The third kappa shape index (κ3) is 3.64. The molecule has 0 bridgehead atoms. The van der Waals surface area contributed by atoms with E-state index in [0.29, 0.717) is 12.4 Å². The van der Waals surface area contributed by atoms with Crippen LogP contribution in [0.5, 0.6) is 0 Å². The number of piperidine rings is 1. The largest absolute Gasteiger partial charge is 0.339 e. The van der Waals surface area contributed by atoms with Crippen LogP contribution in [0.15, 0.2) is 4.52 Å². The van der Waals surface area contributed by atoms with Gasteiger partial charge >= 0.3 is 0 Å². The first-order valence-electron chi connectivity index (χ1n) is 8.32. The van der Waals surface area contributed by atoms with Crippen LogP contribution in [0.25, 0.3) is 0 Å². The molecule has 1 aromatic rings. The molecule has 3 heterocycles. The summed E-state index contributed by atoms with van der Waals surface area (Å²) in [5.41, 5.74) is 0. The lowest BCUT2D eigenvalue weighted by Crippen LogP contribution is -2.54. The minimum Gasteiger partial charge on any atom is -0.339 e. The maximum atomic E-state index is 12.5. The standard InChI is InChI=1S/C15H25N5O2/c1-2-14-17-13(18-22-14)11-19-7-9-20(10-8-19)15(21)12-5-3-4-6-16-12/h12,16H,2-11H2,1H3/t12-/m1/s1. The lowest BCUT2D eigenvalue weighted by atomic mass is 10.0. The Bertz CT molecular complexity index is 490. The number of nitrogens with zero attached hydrogens (tertiary/aromatic N) is 4. The van der Waals surface area contributed by atoms with Gasteiger partial charge in [-0.15, -0.1) is 0 Å². The number of piperazine rings is 1. The van der Waals surface area contributed by atoms with Gasteiger partial charge in [0.25, 0.3) is 0 Å². The topological polar surface area (TPSA) is 74.5 Å². The fraction of sp³-hybridized carbons (Fsp3) is 0.800. The molecule has 0 saturated carbocycles. The molecule has 0 aromatic carbocycles. The van der Waals surface area contributed by atoms with Gasteiger partial charge in [0.05, 0.1) is 12.6 Å². The number of nitrogens with one attached hydrogen (secondary N) is 1. The maximum absolute atomic E-state index is 12.5. The van der Waals surface area contributed by atoms with Crippen LogP contribution in [-0.2, 0) is 17.8 Å². The summed E-state index contributed by atoms with van der Waals surface area (Å²) in [6.45, 7) is 6.98. The summed E-state index contributed by atoms with van der Waals surface area (Å²) >= 11 is 0. The Morgan fingerprint density at radius 3 is 2.77 bits per heavy atom. The van der Waals surface area contributed by atoms with Gasteiger partial charge in [0.15, 0.2) is 5.82 Å². The van der Waals surface area contributed by atoms with Crippen LogP contribution in [-0.4, -0.2) is 64.6 Å². The van der Waals surface area contributed by atoms with E-state index in [4.69, 9.17) is 4.52 Å². The number of carbonyl (C=O) groups excluding carboxylic acids is 1. The number of carbonyl (C=O) groups is 1. The second-order valence-electron chi connectivity index (χ2n) is 6.06. The number of aromatic nitrogens is 2. The molecule has 7 heteroatoms. The van der Waals surface area contributed by atoms with Gasteiger partial charge in [0.1, 0.15) is 0 Å². The predicted octanol–water partition coefficient (Wildman–Crippen LogP) is 0.418. The number of hydrogen-bond acceptors (Lipinski definition) is 6. The molecule has 1 amide bonds. The molecule has 0 spiro atoms. The van der Waals surface area contributed by atoms with Gasteiger partial charge < -0.3 is 14.7 Å². The summed E-state index contributed by atoms with van der Waals surface area (Å²) in [4.78, 5) is 21.1. The van der Waals surface area contributed by atoms with Crippen molar-refractivity contribution in [2.45, 2.75) is 45.2 Å². The Balaban J connectivity index is 1.46. The molecular weight excluding hydrogens is 282 g/mol. The molecule has 1 aromatic heterocycles. The second-order valence-corrected chi connectivity index (χ2v) is 6.06. The van der Waals surface area contributed by atoms with Gasteiger partial charge in [-0.05, 0) is 19.4 Å². The van der Waals surface area contributed by atoms with Crippen LogP contribution < -0.4 is 5.32 Å². The summed E-state index contributed by atoms with van der Waals surface area (Å²) in [7, 11) is 0. The highest BCUT2D eigenvalue weighted by molar-refractivity contribution is 5.82. The average Bonchev–Trinajstić information content (AvgIpc) is 3.03. The first kappa shape index (κ1) is 15.4. The Hall–Kier alpha value is -1.47. The Kier molecular flexibility index (Phi) is 5.04. The molecule has 1 N–H and O–H groups in total. The van der Waals surface area contributed by atoms with Gasteiger partial charge in [-0.3, -0.25) is 9.69 Å². The van der Waals surface area contributed by atoms with Crippen LogP contribution in [0.2, 0.25) is 0 Å². The van der Waals surface area contributed by atoms with Crippen LogP contribution in [0.1, 0.15) is 37.9 Å². The molecule has 0 aliphatic carbocycles. The number of amides is 1. The fourth-order valence-corrected chi connectivity index (χ4v) is 3.11. The quantitative estimate of drug-likeness (QED) is 0.869. The smallest absolute Gasteiger partial charge is 0.239 e. The van der Waals surface area contributed by atoms with Crippen molar-refractivity contribution < 1.29 is 9.32 Å². The SMILES string of the molecule is CCc1nc(CN2CCN(C(=O)[C@H]3CCCCN3)CC2)no1. The maximum Gasteiger partial charge on any atom is 0.239 e. The average molecular weight is 307 g/mol. The molecule has 22 heavy (non-hydrogen) atoms. The Labute approximate surface area is 131 Å². The first-order valence-corrected chi connectivity index (χ1v) is 8.32. The van der Waals surface area contributed by atoms with Crippen molar-refractivity contribution in [1.29, 1.82) is 0 Å². The molecule has 2 saturated heterocycles. The van der Waals surface area contributed by atoms with E-state index >= 15 is 0 Å². The van der Waals surface area contributed by atoms with E-state index in [1.165, 1.54) is 6.42 Å². The lowest BCUT2D eigenvalue weighted by molar-refractivity contribution is -0.135. The van der Waals surface area contributed by atoms with E-state index in [-0.39, 0.29) is 11.9 Å². The molecular formula is C15H25N5O2. The summed E-state index contributed by atoms with van der Waals surface area (Å²) in [5, 5.41) is 7.33.